The van der Waals surface area contributed by atoms with Crippen molar-refractivity contribution in [3.8, 4) is 5.75 Å². The minimum atomic E-state index is -1.35. The van der Waals surface area contributed by atoms with Gasteiger partial charge in [-0.05, 0) is 58.7 Å². The van der Waals surface area contributed by atoms with Gasteiger partial charge >= 0.3 is 6.09 Å². The predicted octanol–water partition coefficient (Wildman–Crippen LogP) is 2.36. The monoisotopic (exact) mass is 478 g/mol. The number of benzene rings is 1. The first kappa shape index (κ1) is 28.7. The van der Waals surface area contributed by atoms with Gasteiger partial charge in [0.05, 0.1) is 6.42 Å². The van der Waals surface area contributed by atoms with Crippen molar-refractivity contribution in [2.45, 2.75) is 84.5 Å². The Morgan fingerprint density at radius 3 is 2.32 bits per heavy atom. The lowest BCUT2D eigenvalue weighted by Gasteiger charge is -2.37. The van der Waals surface area contributed by atoms with Gasteiger partial charge in [-0.2, -0.15) is 0 Å². The number of nitrogens with two attached hydrogens (primary N) is 1. The van der Waals surface area contributed by atoms with E-state index in [1.807, 2.05) is 6.92 Å². The molecule has 0 heterocycles. The third-order valence-corrected chi connectivity index (χ3v) is 4.75. The standard InChI is InChI=1S/C24H38N4O6/c1-7-8-12-26-21(31)20(16-10-9-11-17(29)13-16)28(15(2)3)22(32)18(14-19(25)30)27-23(33)34-24(4,5)6/h9-11,13,15,18,20,29H,7-8,12,14H2,1-6H3,(H2,25,30)(H,26,31)(H,27,33). The molecule has 0 saturated carbocycles. The van der Waals surface area contributed by atoms with E-state index in [-0.39, 0.29) is 5.75 Å². The first-order valence-corrected chi connectivity index (χ1v) is 11.4. The molecule has 0 aromatic heterocycles. The molecule has 0 saturated heterocycles. The van der Waals surface area contributed by atoms with Gasteiger partial charge in [-0.15, -0.1) is 0 Å². The average Bonchev–Trinajstić information content (AvgIpc) is 2.69. The lowest BCUT2D eigenvalue weighted by Crippen LogP contribution is -2.56. The Bertz CT molecular complexity index is 865. The topological polar surface area (TPSA) is 151 Å². The van der Waals surface area contributed by atoms with Crippen LogP contribution in [0.25, 0.3) is 0 Å². The van der Waals surface area contributed by atoms with Gasteiger partial charge in [-0.1, -0.05) is 25.5 Å². The summed E-state index contributed by atoms with van der Waals surface area (Å²) >= 11 is 0. The molecular weight excluding hydrogens is 440 g/mol. The quantitative estimate of drug-likeness (QED) is 0.358. The number of rotatable bonds is 11. The van der Waals surface area contributed by atoms with Gasteiger partial charge in [-0.3, -0.25) is 14.4 Å². The Labute approximate surface area is 201 Å². The Kier molecular flexibility index (Phi) is 10.8. The number of ether oxygens (including phenoxy) is 1. The van der Waals surface area contributed by atoms with Crippen LogP contribution in [0.2, 0.25) is 0 Å². The zero-order chi connectivity index (χ0) is 26.1. The lowest BCUT2D eigenvalue weighted by atomic mass is 10.00. The number of hydrogen-bond donors (Lipinski definition) is 4. The third-order valence-electron chi connectivity index (χ3n) is 4.75. The van der Waals surface area contributed by atoms with Gasteiger partial charge in [0.2, 0.25) is 17.7 Å². The number of nitrogens with zero attached hydrogens (tertiary/aromatic N) is 1. The fraction of sp³-hybridized carbons (Fsp3) is 0.583. The minimum Gasteiger partial charge on any atom is -0.508 e. The molecule has 0 radical (unpaired) electrons. The summed E-state index contributed by atoms with van der Waals surface area (Å²) in [5.74, 6) is -2.00. The number of nitrogens with one attached hydrogen (secondary N) is 2. The second-order valence-corrected chi connectivity index (χ2v) is 9.35. The molecule has 0 bridgehead atoms. The number of hydrogen-bond acceptors (Lipinski definition) is 6. The van der Waals surface area contributed by atoms with Crippen molar-refractivity contribution in [3.63, 3.8) is 0 Å². The van der Waals surface area contributed by atoms with Crippen molar-refractivity contribution in [2.75, 3.05) is 6.54 Å². The highest BCUT2D eigenvalue weighted by molar-refractivity contribution is 5.94. The highest BCUT2D eigenvalue weighted by Crippen LogP contribution is 2.27. The summed E-state index contributed by atoms with van der Waals surface area (Å²) in [5, 5.41) is 15.2. The van der Waals surface area contributed by atoms with E-state index < -0.39 is 54.0 Å². The number of phenolic OH excluding ortho intramolecular Hbond substituents is 1. The average molecular weight is 479 g/mol. The van der Waals surface area contributed by atoms with E-state index in [1.165, 1.54) is 17.0 Å². The predicted molar refractivity (Wildman–Crippen MR) is 128 cm³/mol. The smallest absolute Gasteiger partial charge is 0.408 e. The fourth-order valence-corrected chi connectivity index (χ4v) is 3.33. The van der Waals surface area contributed by atoms with E-state index in [0.29, 0.717) is 12.1 Å². The Balaban J connectivity index is 3.41. The van der Waals surface area contributed by atoms with Crippen molar-refractivity contribution in [2.24, 2.45) is 5.73 Å². The van der Waals surface area contributed by atoms with E-state index >= 15 is 0 Å². The van der Waals surface area contributed by atoms with Gasteiger partial charge in [0.1, 0.15) is 23.4 Å². The van der Waals surface area contributed by atoms with Gasteiger partial charge in [0.25, 0.3) is 0 Å². The SMILES string of the molecule is CCCCNC(=O)C(c1cccc(O)c1)N(C(=O)C(CC(N)=O)NC(=O)OC(C)(C)C)C(C)C. The first-order valence-electron chi connectivity index (χ1n) is 11.4. The van der Waals surface area contributed by atoms with Crippen LogP contribution in [-0.4, -0.2) is 58.1 Å². The minimum absolute atomic E-state index is 0.0689. The molecule has 0 fully saturated rings. The molecule has 0 aliphatic heterocycles. The number of carbonyl (C=O) groups excluding carboxylic acids is 4. The van der Waals surface area contributed by atoms with Gasteiger partial charge in [-0.25, -0.2) is 4.79 Å². The molecule has 10 heteroatoms. The van der Waals surface area contributed by atoms with E-state index in [1.54, 1.807) is 46.8 Å². The maximum atomic E-state index is 13.7. The molecule has 2 unspecified atom stereocenters. The summed E-state index contributed by atoms with van der Waals surface area (Å²) in [6.45, 7) is 10.8. The van der Waals surface area contributed by atoms with Crippen molar-refractivity contribution in [1.29, 1.82) is 0 Å². The molecule has 0 aliphatic carbocycles. The molecule has 0 aliphatic rings. The second-order valence-electron chi connectivity index (χ2n) is 9.35. The lowest BCUT2D eigenvalue weighted by molar-refractivity contribution is -0.145. The summed E-state index contributed by atoms with van der Waals surface area (Å²) < 4.78 is 5.23. The number of unbranched alkanes of at least 4 members (excludes halogenated alkanes) is 1. The van der Waals surface area contributed by atoms with Crippen LogP contribution in [0.4, 0.5) is 4.79 Å². The summed E-state index contributed by atoms with van der Waals surface area (Å²) in [6, 6.07) is 3.07. The van der Waals surface area contributed by atoms with Crippen LogP contribution in [0, 0.1) is 0 Å². The van der Waals surface area contributed by atoms with Crippen molar-refractivity contribution in [1.82, 2.24) is 15.5 Å². The molecule has 34 heavy (non-hydrogen) atoms. The number of amides is 4. The van der Waals surface area contributed by atoms with Gasteiger partial charge in [0, 0.05) is 12.6 Å². The number of aromatic hydroxyl groups is 1. The molecule has 2 atom stereocenters. The normalized spacial score (nSPS) is 13.0. The molecule has 1 aromatic carbocycles. The molecule has 1 rings (SSSR count). The summed E-state index contributed by atoms with van der Waals surface area (Å²) in [6.07, 6.45) is 0.242. The molecule has 10 nitrogen and oxygen atoms in total. The number of carbonyl (C=O) groups is 4. The number of phenols is 1. The van der Waals surface area contributed by atoms with Crippen molar-refractivity contribution < 1.29 is 29.0 Å². The van der Waals surface area contributed by atoms with Crippen LogP contribution >= 0.6 is 0 Å². The van der Waals surface area contributed by atoms with Crippen LogP contribution in [0.3, 0.4) is 0 Å². The van der Waals surface area contributed by atoms with E-state index in [9.17, 15) is 24.3 Å². The summed E-state index contributed by atoms with van der Waals surface area (Å²) in [4.78, 5) is 52.3. The van der Waals surface area contributed by atoms with Crippen LogP contribution in [0.1, 0.15) is 72.4 Å². The zero-order valence-electron chi connectivity index (χ0n) is 20.9. The second kappa shape index (κ2) is 12.8. The van der Waals surface area contributed by atoms with E-state index in [4.69, 9.17) is 10.5 Å². The van der Waals surface area contributed by atoms with Crippen LogP contribution in [0.15, 0.2) is 24.3 Å². The van der Waals surface area contributed by atoms with Crippen LogP contribution in [-0.2, 0) is 19.1 Å². The Hall–Kier alpha value is -3.30. The number of alkyl carbamates (subject to hydrolysis) is 1. The van der Waals surface area contributed by atoms with Crippen molar-refractivity contribution in [3.05, 3.63) is 29.8 Å². The Morgan fingerprint density at radius 1 is 1.18 bits per heavy atom. The van der Waals surface area contributed by atoms with E-state index in [2.05, 4.69) is 10.6 Å². The molecule has 5 N–H and O–H groups in total. The first-order chi connectivity index (χ1) is 15.8. The highest BCUT2D eigenvalue weighted by atomic mass is 16.6. The largest absolute Gasteiger partial charge is 0.508 e. The fourth-order valence-electron chi connectivity index (χ4n) is 3.33. The summed E-state index contributed by atoms with van der Waals surface area (Å²) in [5.41, 5.74) is 4.90. The van der Waals surface area contributed by atoms with Gasteiger partial charge < -0.3 is 31.1 Å². The molecule has 0 spiro atoms. The van der Waals surface area contributed by atoms with Gasteiger partial charge in [0.15, 0.2) is 0 Å². The molecule has 190 valence electrons. The third kappa shape index (κ3) is 9.29. The molecule has 1 aromatic rings. The maximum Gasteiger partial charge on any atom is 0.408 e. The van der Waals surface area contributed by atoms with Crippen molar-refractivity contribution >= 4 is 23.8 Å². The highest BCUT2D eigenvalue weighted by Gasteiger charge is 2.38. The molecular formula is C24H38N4O6. The van der Waals surface area contributed by atoms with E-state index in [0.717, 1.165) is 12.8 Å². The Morgan fingerprint density at radius 2 is 1.82 bits per heavy atom. The zero-order valence-corrected chi connectivity index (χ0v) is 20.9. The van der Waals surface area contributed by atoms with Crippen LogP contribution in [0.5, 0.6) is 5.75 Å². The van der Waals surface area contributed by atoms with Crippen LogP contribution < -0.4 is 16.4 Å². The molecule has 4 amide bonds. The summed E-state index contributed by atoms with van der Waals surface area (Å²) in [7, 11) is 0. The maximum absolute atomic E-state index is 13.7. The number of primary amides is 1.